The second kappa shape index (κ2) is 8.05. The minimum atomic E-state index is -0.217. The van der Waals surface area contributed by atoms with E-state index in [2.05, 4.69) is 0 Å². The number of carbonyl (C=O) groups excluding carboxylic acids is 2. The van der Waals surface area contributed by atoms with Crippen LogP contribution >= 0.6 is 0 Å². The molecule has 2 fully saturated rings. The van der Waals surface area contributed by atoms with Gasteiger partial charge < -0.3 is 18.9 Å². The lowest BCUT2D eigenvalue weighted by Gasteiger charge is -2.05. The fourth-order valence-electron chi connectivity index (χ4n) is 1.68. The summed E-state index contributed by atoms with van der Waals surface area (Å²) in [5, 5.41) is 0. The molecule has 0 aromatic heterocycles. The van der Waals surface area contributed by atoms with Crippen LogP contribution in [0.5, 0.6) is 0 Å². The van der Waals surface area contributed by atoms with E-state index in [-0.39, 0.29) is 24.1 Å². The predicted molar refractivity (Wildman–Crippen MR) is 62.0 cm³/mol. The number of carbonyl (C=O) groups is 2. The second-order valence-electron chi connectivity index (χ2n) is 4.19. The Labute approximate surface area is 107 Å². The lowest BCUT2D eigenvalue weighted by Crippen LogP contribution is -2.15. The van der Waals surface area contributed by atoms with E-state index in [1.54, 1.807) is 0 Å². The minimum absolute atomic E-state index is 0.0162. The Morgan fingerprint density at radius 2 is 1.28 bits per heavy atom. The molecule has 0 amide bonds. The van der Waals surface area contributed by atoms with Crippen LogP contribution in [0.3, 0.4) is 0 Å². The number of ether oxygens (including phenoxy) is 4. The summed E-state index contributed by atoms with van der Waals surface area (Å²) in [5.41, 5.74) is 0. The van der Waals surface area contributed by atoms with Crippen LogP contribution in [0, 0.1) is 0 Å². The highest BCUT2D eigenvalue weighted by Gasteiger charge is 2.18. The molecule has 0 aromatic carbocycles. The molecule has 2 heterocycles. The average molecular weight is 260 g/mol. The quantitative estimate of drug-likeness (QED) is 0.680. The first kappa shape index (κ1) is 14.9. The van der Waals surface area contributed by atoms with Crippen LogP contribution in [-0.2, 0) is 28.5 Å². The van der Waals surface area contributed by atoms with E-state index in [4.69, 9.17) is 18.9 Å². The Kier molecular flexibility index (Phi) is 6.67. The van der Waals surface area contributed by atoms with Gasteiger partial charge in [-0.05, 0) is 0 Å². The van der Waals surface area contributed by atoms with Gasteiger partial charge in [-0.3, -0.25) is 9.59 Å². The second-order valence-corrected chi connectivity index (χ2v) is 4.19. The Hall–Kier alpha value is -1.14. The summed E-state index contributed by atoms with van der Waals surface area (Å²) >= 11 is 0. The molecule has 0 saturated carbocycles. The molecule has 2 aliphatic heterocycles. The first-order chi connectivity index (χ1) is 8.58. The van der Waals surface area contributed by atoms with Crippen molar-refractivity contribution in [2.45, 2.75) is 38.9 Å². The van der Waals surface area contributed by atoms with E-state index >= 15 is 0 Å². The Balaban J connectivity index is 0.000000180. The Morgan fingerprint density at radius 3 is 1.50 bits per heavy atom. The molecule has 0 radical (unpaired) electrons. The van der Waals surface area contributed by atoms with Crippen LogP contribution in [0.1, 0.15) is 26.7 Å². The molecule has 18 heavy (non-hydrogen) atoms. The molecule has 0 bridgehead atoms. The van der Waals surface area contributed by atoms with E-state index in [9.17, 15) is 9.59 Å². The highest BCUT2D eigenvalue weighted by Crippen LogP contribution is 2.08. The van der Waals surface area contributed by atoms with Gasteiger partial charge in [-0.1, -0.05) is 0 Å². The van der Waals surface area contributed by atoms with E-state index < -0.39 is 0 Å². The van der Waals surface area contributed by atoms with Crippen molar-refractivity contribution in [2.75, 3.05) is 26.4 Å². The van der Waals surface area contributed by atoms with Gasteiger partial charge in [-0.25, -0.2) is 0 Å². The van der Waals surface area contributed by atoms with Crippen molar-refractivity contribution in [3.8, 4) is 0 Å². The van der Waals surface area contributed by atoms with Crippen LogP contribution in [0.2, 0.25) is 0 Å². The van der Waals surface area contributed by atoms with Gasteiger partial charge in [0.05, 0.1) is 26.4 Å². The third-order valence-electron chi connectivity index (χ3n) is 2.44. The fraction of sp³-hybridized carbons (Fsp3) is 0.833. The van der Waals surface area contributed by atoms with Crippen molar-refractivity contribution in [3.05, 3.63) is 0 Å². The van der Waals surface area contributed by atoms with Gasteiger partial charge in [0.2, 0.25) is 0 Å². The summed E-state index contributed by atoms with van der Waals surface area (Å²) in [6.45, 7) is 5.41. The van der Waals surface area contributed by atoms with Crippen molar-refractivity contribution < 1.29 is 28.5 Å². The standard InChI is InChI=1S/2C6H10O3/c2*1-5(7)9-6-2-3-8-4-6/h2*6H,2-4H2,1H3/t2*6-/m10/s1. The summed E-state index contributed by atoms with van der Waals surface area (Å²) < 4.78 is 19.7. The zero-order valence-electron chi connectivity index (χ0n) is 10.8. The maximum absolute atomic E-state index is 10.3. The largest absolute Gasteiger partial charge is 0.460 e. The lowest BCUT2D eigenvalue weighted by atomic mass is 10.3. The van der Waals surface area contributed by atoms with E-state index in [0.717, 1.165) is 26.1 Å². The van der Waals surface area contributed by atoms with Crippen LogP contribution in [0.25, 0.3) is 0 Å². The molecular weight excluding hydrogens is 240 g/mol. The van der Waals surface area contributed by atoms with Gasteiger partial charge in [-0.2, -0.15) is 0 Å². The van der Waals surface area contributed by atoms with Crippen LogP contribution in [-0.4, -0.2) is 50.6 Å². The lowest BCUT2D eigenvalue weighted by molar-refractivity contribution is -0.147. The predicted octanol–water partition coefficient (Wildman–Crippen LogP) is 0.677. The number of rotatable bonds is 2. The average Bonchev–Trinajstić information content (AvgIpc) is 2.90. The topological polar surface area (TPSA) is 71.1 Å². The first-order valence-electron chi connectivity index (χ1n) is 6.08. The molecule has 2 rings (SSSR count). The maximum Gasteiger partial charge on any atom is 0.302 e. The Bertz CT molecular complexity index is 238. The summed E-state index contributed by atoms with van der Waals surface area (Å²) in [4.78, 5) is 20.6. The summed E-state index contributed by atoms with van der Waals surface area (Å²) in [5.74, 6) is -0.434. The smallest absolute Gasteiger partial charge is 0.302 e. The Morgan fingerprint density at radius 1 is 0.889 bits per heavy atom. The third kappa shape index (κ3) is 6.56. The summed E-state index contributed by atoms with van der Waals surface area (Å²) in [7, 11) is 0. The SMILES string of the molecule is CC(=O)O[C@@H]1CCOC1.CC(=O)O[C@H]1CCOC1. The molecule has 2 aliphatic rings. The molecule has 2 saturated heterocycles. The van der Waals surface area contributed by atoms with Crippen LogP contribution in [0.4, 0.5) is 0 Å². The normalized spacial score (nSPS) is 26.1. The molecule has 104 valence electrons. The number of hydrogen-bond acceptors (Lipinski definition) is 6. The van der Waals surface area contributed by atoms with Crippen molar-refractivity contribution in [3.63, 3.8) is 0 Å². The van der Waals surface area contributed by atoms with Gasteiger partial charge in [-0.15, -0.1) is 0 Å². The molecule has 6 nitrogen and oxygen atoms in total. The van der Waals surface area contributed by atoms with E-state index in [1.807, 2.05) is 0 Å². The molecule has 0 unspecified atom stereocenters. The van der Waals surface area contributed by atoms with Crippen molar-refractivity contribution in [2.24, 2.45) is 0 Å². The van der Waals surface area contributed by atoms with Crippen molar-refractivity contribution in [1.82, 2.24) is 0 Å². The summed E-state index contributed by atoms with van der Waals surface area (Å²) in [6.07, 6.45) is 1.73. The first-order valence-corrected chi connectivity index (χ1v) is 6.08. The van der Waals surface area contributed by atoms with Crippen molar-refractivity contribution in [1.29, 1.82) is 0 Å². The summed E-state index contributed by atoms with van der Waals surface area (Å²) in [6, 6.07) is 0. The molecule has 0 spiro atoms. The molecule has 2 atom stereocenters. The molecule has 6 heteroatoms. The zero-order chi connectivity index (χ0) is 13.4. The van der Waals surface area contributed by atoms with Crippen molar-refractivity contribution >= 4 is 11.9 Å². The number of hydrogen-bond donors (Lipinski definition) is 0. The van der Waals surface area contributed by atoms with Gasteiger partial charge in [0, 0.05) is 26.7 Å². The number of esters is 2. The van der Waals surface area contributed by atoms with Gasteiger partial charge in [0.15, 0.2) is 0 Å². The highest BCUT2D eigenvalue weighted by molar-refractivity contribution is 5.66. The van der Waals surface area contributed by atoms with Crippen LogP contribution in [0.15, 0.2) is 0 Å². The molecule has 0 N–H and O–H groups in total. The zero-order valence-corrected chi connectivity index (χ0v) is 10.8. The monoisotopic (exact) mass is 260 g/mol. The van der Waals surface area contributed by atoms with E-state index in [0.29, 0.717) is 13.2 Å². The van der Waals surface area contributed by atoms with Gasteiger partial charge in [0.1, 0.15) is 12.2 Å². The highest BCUT2D eigenvalue weighted by atomic mass is 16.6. The minimum Gasteiger partial charge on any atom is -0.460 e. The molecular formula is C12H20O6. The molecule has 0 aliphatic carbocycles. The van der Waals surface area contributed by atoms with Gasteiger partial charge in [0.25, 0.3) is 0 Å². The third-order valence-corrected chi connectivity index (χ3v) is 2.44. The molecule has 0 aromatic rings. The van der Waals surface area contributed by atoms with Gasteiger partial charge >= 0.3 is 11.9 Å². The maximum atomic E-state index is 10.3. The van der Waals surface area contributed by atoms with E-state index in [1.165, 1.54) is 13.8 Å². The van der Waals surface area contributed by atoms with Crippen LogP contribution < -0.4 is 0 Å². The fourth-order valence-corrected chi connectivity index (χ4v) is 1.68.